The summed E-state index contributed by atoms with van der Waals surface area (Å²) in [7, 11) is 0. The van der Waals surface area contributed by atoms with E-state index in [0.717, 1.165) is 11.1 Å². The highest BCUT2D eigenvalue weighted by molar-refractivity contribution is 5.71. The first-order valence-corrected chi connectivity index (χ1v) is 9.35. The van der Waals surface area contributed by atoms with Crippen LogP contribution in [0.2, 0.25) is 0 Å². The molecule has 29 heavy (non-hydrogen) atoms. The van der Waals surface area contributed by atoms with E-state index in [2.05, 4.69) is 0 Å². The summed E-state index contributed by atoms with van der Waals surface area (Å²) in [5.41, 5.74) is 8.44. The van der Waals surface area contributed by atoms with Gasteiger partial charge in [0.05, 0.1) is 6.42 Å². The summed E-state index contributed by atoms with van der Waals surface area (Å²) in [6, 6.07) is 19.7. The summed E-state index contributed by atoms with van der Waals surface area (Å²) in [6.45, 7) is 3.79. The molecule has 0 bridgehead atoms. The van der Waals surface area contributed by atoms with E-state index in [9.17, 15) is 4.79 Å². The molecule has 3 rings (SSSR count). The van der Waals surface area contributed by atoms with Gasteiger partial charge in [0, 0.05) is 22.2 Å². The molecule has 0 fully saturated rings. The van der Waals surface area contributed by atoms with Crippen LogP contribution in [0.4, 0.5) is 4.39 Å². The molecule has 5 heteroatoms. The normalized spacial score (nSPS) is 11.3. The molecule has 0 amide bonds. The number of ether oxygens (including phenoxy) is 1. The summed E-state index contributed by atoms with van der Waals surface area (Å²) >= 11 is 0. The molecule has 0 saturated carbocycles. The van der Waals surface area contributed by atoms with Gasteiger partial charge in [-0.05, 0) is 37.1 Å². The van der Waals surface area contributed by atoms with Crippen LogP contribution in [0.3, 0.4) is 0 Å². The van der Waals surface area contributed by atoms with Crippen molar-refractivity contribution in [3.05, 3.63) is 89.2 Å². The van der Waals surface area contributed by atoms with E-state index in [1.165, 1.54) is 0 Å². The van der Waals surface area contributed by atoms with Gasteiger partial charge in [-0.25, -0.2) is 4.39 Å². The van der Waals surface area contributed by atoms with Crippen LogP contribution in [0.15, 0.2) is 66.7 Å². The molecule has 150 valence electrons. The van der Waals surface area contributed by atoms with Crippen LogP contribution in [0, 0.1) is 5.82 Å². The zero-order valence-electron chi connectivity index (χ0n) is 16.5. The maximum absolute atomic E-state index is 15.0. The zero-order valence-corrected chi connectivity index (χ0v) is 16.5. The standard InChI is InChI=1S/C24H24FNO3/c1-24(2,26)20-11-6-10-19(23(20)25)17-9-5-7-16(13-17)15-29-21-12-4-3-8-18(21)14-22(27)28/h3-13H,14-15,26H2,1-2H3,(H,27,28). The topological polar surface area (TPSA) is 72.5 Å². The molecule has 0 unspecified atom stereocenters. The van der Waals surface area contributed by atoms with Gasteiger partial charge in [0.1, 0.15) is 18.2 Å². The Labute approximate surface area is 169 Å². The minimum absolute atomic E-state index is 0.108. The fourth-order valence-corrected chi connectivity index (χ4v) is 3.20. The number of carbonyl (C=O) groups is 1. The molecule has 0 aliphatic heterocycles. The third-order valence-electron chi connectivity index (χ3n) is 4.64. The second-order valence-corrected chi connectivity index (χ2v) is 7.56. The van der Waals surface area contributed by atoms with Gasteiger partial charge in [-0.1, -0.05) is 54.6 Å². The number of benzene rings is 3. The molecular weight excluding hydrogens is 369 g/mol. The van der Waals surface area contributed by atoms with Crippen molar-refractivity contribution in [1.29, 1.82) is 0 Å². The summed E-state index contributed by atoms with van der Waals surface area (Å²) in [5, 5.41) is 9.04. The fraction of sp³-hybridized carbons (Fsp3) is 0.208. The average molecular weight is 393 g/mol. The number of carboxylic acid groups (broad SMARTS) is 1. The highest BCUT2D eigenvalue weighted by atomic mass is 19.1. The highest BCUT2D eigenvalue weighted by Gasteiger charge is 2.21. The Balaban J connectivity index is 1.84. The number of para-hydroxylation sites is 1. The van der Waals surface area contributed by atoms with Crippen LogP contribution in [-0.2, 0) is 23.4 Å². The van der Waals surface area contributed by atoms with Crippen LogP contribution in [-0.4, -0.2) is 11.1 Å². The van der Waals surface area contributed by atoms with Gasteiger partial charge in [-0.3, -0.25) is 4.79 Å². The van der Waals surface area contributed by atoms with Crippen molar-refractivity contribution in [3.8, 4) is 16.9 Å². The lowest BCUT2D eigenvalue weighted by Crippen LogP contribution is -2.30. The van der Waals surface area contributed by atoms with Crippen molar-refractivity contribution < 1.29 is 19.0 Å². The monoisotopic (exact) mass is 393 g/mol. The Hall–Kier alpha value is -3.18. The summed E-state index contributed by atoms with van der Waals surface area (Å²) in [6.07, 6.45) is -0.108. The Bertz CT molecular complexity index is 1020. The van der Waals surface area contributed by atoms with E-state index in [0.29, 0.717) is 22.4 Å². The van der Waals surface area contributed by atoms with Crippen molar-refractivity contribution in [2.75, 3.05) is 0 Å². The van der Waals surface area contributed by atoms with E-state index in [4.69, 9.17) is 15.6 Å². The molecule has 3 N–H and O–H groups in total. The lowest BCUT2D eigenvalue weighted by molar-refractivity contribution is -0.136. The number of aliphatic carboxylic acids is 1. The minimum atomic E-state index is -0.916. The van der Waals surface area contributed by atoms with Gasteiger partial charge in [-0.2, -0.15) is 0 Å². The number of halogens is 1. The summed E-state index contributed by atoms with van der Waals surface area (Å²) in [4.78, 5) is 11.0. The average Bonchev–Trinajstić information content (AvgIpc) is 2.66. The Kier molecular flexibility index (Phi) is 5.99. The van der Waals surface area contributed by atoms with Gasteiger partial charge in [-0.15, -0.1) is 0 Å². The second-order valence-electron chi connectivity index (χ2n) is 7.56. The molecule has 0 spiro atoms. The minimum Gasteiger partial charge on any atom is -0.489 e. The molecule has 4 nitrogen and oxygen atoms in total. The maximum atomic E-state index is 15.0. The van der Waals surface area contributed by atoms with Crippen molar-refractivity contribution in [1.82, 2.24) is 0 Å². The SMILES string of the molecule is CC(C)(N)c1cccc(-c2cccc(COc3ccccc3CC(=O)O)c2)c1F. The van der Waals surface area contributed by atoms with E-state index in [1.807, 2.05) is 24.3 Å². The number of hydrogen-bond acceptors (Lipinski definition) is 3. The first kappa shape index (κ1) is 20.6. The van der Waals surface area contributed by atoms with Crippen LogP contribution in [0.25, 0.3) is 11.1 Å². The third-order valence-corrected chi connectivity index (χ3v) is 4.64. The van der Waals surface area contributed by atoms with E-state index >= 15 is 4.39 Å². The Morgan fingerprint density at radius 1 is 1.07 bits per heavy atom. The van der Waals surface area contributed by atoms with Gasteiger partial charge in [0.2, 0.25) is 0 Å². The largest absolute Gasteiger partial charge is 0.489 e. The molecular formula is C24H24FNO3. The lowest BCUT2D eigenvalue weighted by atomic mass is 9.91. The van der Waals surface area contributed by atoms with Crippen LogP contribution >= 0.6 is 0 Å². The number of carboxylic acids is 1. The first-order valence-electron chi connectivity index (χ1n) is 9.35. The smallest absolute Gasteiger partial charge is 0.307 e. The van der Waals surface area contributed by atoms with Gasteiger partial charge >= 0.3 is 5.97 Å². The molecule has 0 saturated heterocycles. The molecule has 0 radical (unpaired) electrons. The number of rotatable bonds is 7. The Morgan fingerprint density at radius 3 is 2.52 bits per heavy atom. The van der Waals surface area contributed by atoms with Gasteiger partial charge < -0.3 is 15.6 Å². The summed E-state index contributed by atoms with van der Waals surface area (Å²) < 4.78 is 20.9. The fourth-order valence-electron chi connectivity index (χ4n) is 3.20. The summed E-state index contributed by atoms with van der Waals surface area (Å²) in [5.74, 6) is -0.718. The molecule has 3 aromatic rings. The van der Waals surface area contributed by atoms with E-state index in [-0.39, 0.29) is 18.8 Å². The second kappa shape index (κ2) is 8.45. The third kappa shape index (κ3) is 5.00. The first-order chi connectivity index (χ1) is 13.8. The lowest BCUT2D eigenvalue weighted by Gasteiger charge is -2.21. The van der Waals surface area contributed by atoms with Crippen molar-refractivity contribution in [3.63, 3.8) is 0 Å². The molecule has 0 heterocycles. The van der Waals surface area contributed by atoms with Crippen molar-refractivity contribution in [2.24, 2.45) is 5.73 Å². The molecule has 0 atom stereocenters. The predicted octanol–water partition coefficient (Wildman–Crippen LogP) is 4.89. The van der Waals surface area contributed by atoms with Crippen LogP contribution in [0.1, 0.15) is 30.5 Å². The van der Waals surface area contributed by atoms with Crippen molar-refractivity contribution in [2.45, 2.75) is 32.4 Å². The molecule has 0 aromatic heterocycles. The van der Waals surface area contributed by atoms with Gasteiger partial charge in [0.15, 0.2) is 0 Å². The van der Waals surface area contributed by atoms with Crippen LogP contribution in [0.5, 0.6) is 5.75 Å². The highest BCUT2D eigenvalue weighted by Crippen LogP contribution is 2.30. The maximum Gasteiger partial charge on any atom is 0.307 e. The van der Waals surface area contributed by atoms with Crippen molar-refractivity contribution >= 4 is 5.97 Å². The van der Waals surface area contributed by atoms with E-state index < -0.39 is 11.5 Å². The molecule has 0 aliphatic carbocycles. The molecule has 0 aliphatic rings. The quantitative estimate of drug-likeness (QED) is 0.599. The number of hydrogen-bond donors (Lipinski definition) is 2. The van der Waals surface area contributed by atoms with Crippen LogP contribution < -0.4 is 10.5 Å². The zero-order chi connectivity index (χ0) is 21.0. The molecule has 3 aromatic carbocycles. The van der Waals surface area contributed by atoms with E-state index in [1.54, 1.807) is 56.3 Å². The predicted molar refractivity (Wildman–Crippen MR) is 111 cm³/mol. The Morgan fingerprint density at radius 2 is 1.79 bits per heavy atom. The van der Waals surface area contributed by atoms with Gasteiger partial charge in [0.25, 0.3) is 0 Å². The number of nitrogens with two attached hydrogens (primary N) is 1.